The third-order valence-corrected chi connectivity index (χ3v) is 4.39. The van der Waals surface area contributed by atoms with Crippen molar-refractivity contribution in [2.24, 2.45) is 17.3 Å². The van der Waals surface area contributed by atoms with E-state index in [1.54, 1.807) is 19.1 Å². The van der Waals surface area contributed by atoms with Gasteiger partial charge in [0.1, 0.15) is 5.78 Å². The zero-order valence-electron chi connectivity index (χ0n) is 14.5. The van der Waals surface area contributed by atoms with Crippen LogP contribution in [0.15, 0.2) is 12.2 Å². The van der Waals surface area contributed by atoms with Gasteiger partial charge in [0.2, 0.25) is 0 Å². The lowest BCUT2D eigenvalue weighted by atomic mass is 9.74. The van der Waals surface area contributed by atoms with Crippen LogP contribution in [-0.2, 0) is 33.4 Å². The third kappa shape index (κ3) is 4.21. The first kappa shape index (κ1) is 19.9. The molecule has 0 aliphatic heterocycles. The largest absolute Gasteiger partial charge is 0.469 e. The van der Waals surface area contributed by atoms with E-state index < -0.39 is 35.2 Å². The van der Waals surface area contributed by atoms with Crippen LogP contribution in [-0.4, -0.2) is 45.0 Å². The fraction of sp³-hybridized carbons (Fsp3) is 0.647. The minimum Gasteiger partial charge on any atom is -0.469 e. The highest BCUT2D eigenvalue weighted by atomic mass is 16.5. The molecule has 0 aromatic heterocycles. The van der Waals surface area contributed by atoms with Crippen LogP contribution < -0.4 is 0 Å². The van der Waals surface area contributed by atoms with Crippen LogP contribution in [0, 0.1) is 17.3 Å². The van der Waals surface area contributed by atoms with Crippen molar-refractivity contribution in [2.75, 3.05) is 21.3 Å². The molecule has 0 saturated carbocycles. The highest BCUT2D eigenvalue weighted by Crippen LogP contribution is 2.36. The van der Waals surface area contributed by atoms with E-state index in [9.17, 15) is 19.2 Å². The summed E-state index contributed by atoms with van der Waals surface area (Å²) in [5.74, 6) is -3.30. The molecule has 7 nitrogen and oxygen atoms in total. The first-order chi connectivity index (χ1) is 11.3. The topological polar surface area (TPSA) is 96.0 Å². The van der Waals surface area contributed by atoms with E-state index in [0.29, 0.717) is 6.42 Å². The summed E-state index contributed by atoms with van der Waals surface area (Å²) < 4.78 is 14.3. The van der Waals surface area contributed by atoms with Gasteiger partial charge in [0.25, 0.3) is 0 Å². The van der Waals surface area contributed by atoms with Gasteiger partial charge in [-0.1, -0.05) is 19.1 Å². The van der Waals surface area contributed by atoms with Gasteiger partial charge in [0, 0.05) is 12.3 Å². The molecule has 0 N–H and O–H groups in total. The van der Waals surface area contributed by atoms with Crippen LogP contribution in [0.5, 0.6) is 0 Å². The van der Waals surface area contributed by atoms with Crippen LogP contribution >= 0.6 is 0 Å². The molecule has 0 amide bonds. The molecule has 0 radical (unpaired) electrons. The first-order valence-electron chi connectivity index (χ1n) is 7.74. The molecule has 2 unspecified atom stereocenters. The lowest BCUT2D eigenvalue weighted by molar-refractivity contribution is -0.170. The number of esters is 3. The van der Waals surface area contributed by atoms with E-state index in [0.717, 1.165) is 0 Å². The zero-order valence-corrected chi connectivity index (χ0v) is 14.5. The van der Waals surface area contributed by atoms with E-state index in [2.05, 4.69) is 0 Å². The van der Waals surface area contributed by atoms with Gasteiger partial charge in [0.05, 0.1) is 27.2 Å². The number of hydrogen-bond donors (Lipinski definition) is 0. The molecular weight excluding hydrogens is 316 g/mol. The van der Waals surface area contributed by atoms with E-state index in [1.807, 2.05) is 0 Å². The van der Waals surface area contributed by atoms with Gasteiger partial charge in [0.15, 0.2) is 5.41 Å². The number of methoxy groups -OCH3 is 3. The van der Waals surface area contributed by atoms with Gasteiger partial charge in [-0.15, -0.1) is 0 Å². The van der Waals surface area contributed by atoms with E-state index in [4.69, 9.17) is 14.2 Å². The Hall–Kier alpha value is -2.18. The van der Waals surface area contributed by atoms with Gasteiger partial charge in [-0.3, -0.25) is 19.2 Å². The molecule has 1 rings (SSSR count). The molecule has 0 aromatic carbocycles. The normalized spacial score (nSPS) is 25.2. The van der Waals surface area contributed by atoms with E-state index >= 15 is 0 Å². The Labute approximate surface area is 141 Å². The van der Waals surface area contributed by atoms with Crippen LogP contribution in [0.3, 0.4) is 0 Å². The van der Waals surface area contributed by atoms with Gasteiger partial charge >= 0.3 is 17.9 Å². The molecule has 24 heavy (non-hydrogen) atoms. The van der Waals surface area contributed by atoms with Crippen LogP contribution in [0.2, 0.25) is 0 Å². The maximum atomic E-state index is 12.4. The maximum Gasteiger partial charge on any atom is 0.323 e. The molecule has 1 aliphatic rings. The van der Waals surface area contributed by atoms with Gasteiger partial charge in [-0.25, -0.2) is 0 Å². The second-order valence-corrected chi connectivity index (χ2v) is 5.97. The number of carbonyl (C=O) groups excluding carboxylic acids is 4. The number of ketones is 1. The average Bonchev–Trinajstić information content (AvgIpc) is 2.59. The third-order valence-electron chi connectivity index (χ3n) is 4.39. The first-order valence-corrected chi connectivity index (χ1v) is 7.74. The highest BCUT2D eigenvalue weighted by molar-refractivity contribution is 6.01. The molecule has 134 valence electrons. The number of carbonyl (C=O) groups is 4. The summed E-state index contributed by atoms with van der Waals surface area (Å²) >= 11 is 0. The minimum absolute atomic E-state index is 0.00337. The van der Waals surface area contributed by atoms with Crippen molar-refractivity contribution in [1.29, 1.82) is 0 Å². The van der Waals surface area contributed by atoms with Crippen LogP contribution in [0.4, 0.5) is 0 Å². The van der Waals surface area contributed by atoms with E-state index in [-0.39, 0.29) is 25.0 Å². The molecule has 0 aromatic rings. The smallest absolute Gasteiger partial charge is 0.323 e. The molecule has 0 heterocycles. The summed E-state index contributed by atoms with van der Waals surface area (Å²) in [6, 6.07) is 0. The predicted molar refractivity (Wildman–Crippen MR) is 83.8 cm³/mol. The fourth-order valence-electron chi connectivity index (χ4n) is 2.95. The monoisotopic (exact) mass is 340 g/mol. The Balaban J connectivity index is 3.22. The Morgan fingerprint density at radius 2 is 1.62 bits per heavy atom. The summed E-state index contributed by atoms with van der Waals surface area (Å²) in [7, 11) is 3.66. The fourth-order valence-corrected chi connectivity index (χ4v) is 2.95. The zero-order chi connectivity index (χ0) is 18.3. The van der Waals surface area contributed by atoms with Crippen LogP contribution in [0.1, 0.15) is 32.6 Å². The SMILES string of the molecule is COC(=O)C1C/C=C\CC(C(=O)OC)(C(=O)OC)CC(C)C(=O)C1. The van der Waals surface area contributed by atoms with Gasteiger partial charge in [-0.2, -0.15) is 0 Å². The summed E-state index contributed by atoms with van der Waals surface area (Å²) in [6.45, 7) is 1.63. The molecule has 1 aliphatic carbocycles. The Kier molecular flexibility index (Phi) is 7.13. The van der Waals surface area contributed by atoms with Crippen molar-refractivity contribution in [2.45, 2.75) is 32.6 Å². The average molecular weight is 340 g/mol. The maximum absolute atomic E-state index is 12.4. The summed E-state index contributed by atoms with van der Waals surface area (Å²) in [5.41, 5.74) is -1.56. The van der Waals surface area contributed by atoms with Crippen molar-refractivity contribution in [1.82, 2.24) is 0 Å². The van der Waals surface area contributed by atoms with Crippen molar-refractivity contribution in [3.63, 3.8) is 0 Å². The summed E-state index contributed by atoms with van der Waals surface area (Å²) in [6.07, 6.45) is 3.61. The number of Topliss-reactive ketones (excluding diaryl/α,β-unsaturated/α-hetero) is 1. The standard InChI is InChI=1S/C17H24O7/c1-11-10-17(15(20)23-3,16(21)24-4)8-6-5-7-12(9-13(11)18)14(19)22-2/h5-6,11-12H,7-10H2,1-4H3/b6-5-. The second kappa shape index (κ2) is 8.61. The number of hydrogen-bond acceptors (Lipinski definition) is 7. The Morgan fingerprint density at radius 3 is 2.12 bits per heavy atom. The van der Waals surface area contributed by atoms with Crippen molar-refractivity contribution < 1.29 is 33.4 Å². The number of ether oxygens (including phenoxy) is 3. The minimum atomic E-state index is -1.56. The summed E-state index contributed by atoms with van der Waals surface area (Å²) in [4.78, 5) is 48.8. The van der Waals surface area contributed by atoms with Crippen LogP contribution in [0.25, 0.3) is 0 Å². The number of rotatable bonds is 3. The summed E-state index contributed by atoms with van der Waals surface area (Å²) in [5, 5.41) is 0. The van der Waals surface area contributed by atoms with Gasteiger partial charge < -0.3 is 14.2 Å². The molecule has 7 heteroatoms. The predicted octanol–water partition coefficient (Wildman–Crippen LogP) is 1.44. The number of allylic oxidation sites excluding steroid dienone is 2. The second-order valence-electron chi connectivity index (χ2n) is 5.97. The van der Waals surface area contributed by atoms with Crippen molar-refractivity contribution >= 4 is 23.7 Å². The van der Waals surface area contributed by atoms with E-state index in [1.165, 1.54) is 21.3 Å². The quantitative estimate of drug-likeness (QED) is 0.332. The Morgan fingerprint density at radius 1 is 1.04 bits per heavy atom. The highest BCUT2D eigenvalue weighted by Gasteiger charge is 2.49. The molecule has 0 bridgehead atoms. The molecule has 0 fully saturated rings. The molecule has 0 saturated heterocycles. The lowest BCUT2D eigenvalue weighted by Crippen LogP contribution is -2.43. The van der Waals surface area contributed by atoms with Crippen molar-refractivity contribution in [3.8, 4) is 0 Å². The Bertz CT molecular complexity index is 519. The molecule has 2 atom stereocenters. The molecular formula is C17H24O7. The molecule has 0 spiro atoms. The van der Waals surface area contributed by atoms with Crippen molar-refractivity contribution in [3.05, 3.63) is 12.2 Å². The van der Waals surface area contributed by atoms with Gasteiger partial charge in [-0.05, 0) is 19.3 Å². The lowest BCUT2D eigenvalue weighted by Gasteiger charge is -2.30.